The molecule has 1 aliphatic rings. The molecular formula is C19H23N5O4S. The molecule has 10 heteroatoms. The summed E-state index contributed by atoms with van der Waals surface area (Å²) in [5.41, 5.74) is 0. The number of piperidine rings is 1. The highest BCUT2D eigenvalue weighted by atomic mass is 32.2. The van der Waals surface area contributed by atoms with E-state index < -0.39 is 16.1 Å². The highest BCUT2D eigenvalue weighted by Crippen LogP contribution is 2.21. The SMILES string of the molecule is CC(Oc1ccccc1)c1nc(Cn2cnc(S(=O)(=O)N3CCCCC3)c2)no1. The van der Waals surface area contributed by atoms with Crippen LogP contribution in [-0.4, -0.2) is 45.5 Å². The van der Waals surface area contributed by atoms with Gasteiger partial charge in [0.15, 0.2) is 17.0 Å². The first-order valence-electron chi connectivity index (χ1n) is 9.58. The highest BCUT2D eigenvalue weighted by Gasteiger charge is 2.28. The lowest BCUT2D eigenvalue weighted by Crippen LogP contribution is -2.35. The Labute approximate surface area is 169 Å². The molecule has 2 aromatic heterocycles. The van der Waals surface area contributed by atoms with Gasteiger partial charge in [-0.1, -0.05) is 29.8 Å². The highest BCUT2D eigenvalue weighted by molar-refractivity contribution is 7.89. The second-order valence-electron chi connectivity index (χ2n) is 6.97. The van der Waals surface area contributed by atoms with E-state index in [0.29, 0.717) is 30.6 Å². The third kappa shape index (κ3) is 4.48. The van der Waals surface area contributed by atoms with Crippen molar-refractivity contribution in [3.8, 4) is 5.75 Å². The van der Waals surface area contributed by atoms with Crippen molar-refractivity contribution >= 4 is 10.0 Å². The summed E-state index contributed by atoms with van der Waals surface area (Å²) in [7, 11) is -3.56. The summed E-state index contributed by atoms with van der Waals surface area (Å²) in [6.45, 7) is 3.17. The molecule has 9 nitrogen and oxygen atoms in total. The first kappa shape index (κ1) is 19.6. The molecular weight excluding hydrogens is 394 g/mol. The van der Waals surface area contributed by atoms with Crippen LogP contribution in [0.5, 0.6) is 5.75 Å². The second-order valence-corrected chi connectivity index (χ2v) is 8.86. The van der Waals surface area contributed by atoms with Crippen molar-refractivity contribution < 1.29 is 17.7 Å². The number of hydrogen-bond acceptors (Lipinski definition) is 7. The Balaban J connectivity index is 1.42. The molecule has 1 saturated heterocycles. The fraction of sp³-hybridized carbons (Fsp3) is 0.421. The lowest BCUT2D eigenvalue weighted by Gasteiger charge is -2.24. The number of para-hydroxylation sites is 1. The molecule has 154 valence electrons. The van der Waals surface area contributed by atoms with Crippen molar-refractivity contribution in [1.82, 2.24) is 24.0 Å². The van der Waals surface area contributed by atoms with Gasteiger partial charge in [0.1, 0.15) is 5.75 Å². The van der Waals surface area contributed by atoms with Gasteiger partial charge in [0.05, 0.1) is 12.9 Å². The monoisotopic (exact) mass is 417 g/mol. The summed E-state index contributed by atoms with van der Waals surface area (Å²) in [6.07, 6.45) is 5.40. The molecule has 0 amide bonds. The van der Waals surface area contributed by atoms with Crippen LogP contribution in [0.15, 0.2) is 52.4 Å². The Morgan fingerprint density at radius 3 is 2.69 bits per heavy atom. The van der Waals surface area contributed by atoms with Gasteiger partial charge in [0.2, 0.25) is 0 Å². The molecule has 1 aromatic carbocycles. The van der Waals surface area contributed by atoms with Crippen LogP contribution in [0.3, 0.4) is 0 Å². The average molecular weight is 417 g/mol. The van der Waals surface area contributed by atoms with Crippen molar-refractivity contribution in [1.29, 1.82) is 0 Å². The molecule has 0 bridgehead atoms. The predicted octanol–water partition coefficient (Wildman–Crippen LogP) is 2.63. The van der Waals surface area contributed by atoms with Crippen molar-refractivity contribution in [3.05, 3.63) is 54.6 Å². The molecule has 3 aromatic rings. The first-order valence-corrected chi connectivity index (χ1v) is 11.0. The summed E-state index contributed by atoms with van der Waals surface area (Å²) in [5.74, 6) is 1.48. The molecule has 4 rings (SSSR count). The predicted molar refractivity (Wildman–Crippen MR) is 104 cm³/mol. The second kappa shape index (κ2) is 8.34. The molecule has 1 aliphatic heterocycles. The van der Waals surface area contributed by atoms with Crippen LogP contribution in [0, 0.1) is 0 Å². The van der Waals surface area contributed by atoms with Crippen molar-refractivity contribution in [2.45, 2.75) is 43.9 Å². The summed E-state index contributed by atoms with van der Waals surface area (Å²) < 4.78 is 39.6. The van der Waals surface area contributed by atoms with Crippen LogP contribution in [0.25, 0.3) is 0 Å². The van der Waals surface area contributed by atoms with Gasteiger partial charge in [0, 0.05) is 19.3 Å². The summed E-state index contributed by atoms with van der Waals surface area (Å²) in [4.78, 5) is 8.43. The van der Waals surface area contributed by atoms with Gasteiger partial charge in [-0.3, -0.25) is 0 Å². The van der Waals surface area contributed by atoms with Gasteiger partial charge >= 0.3 is 0 Å². The maximum atomic E-state index is 12.7. The van der Waals surface area contributed by atoms with Gasteiger partial charge in [-0.25, -0.2) is 13.4 Å². The molecule has 1 unspecified atom stereocenters. The summed E-state index contributed by atoms with van der Waals surface area (Å²) >= 11 is 0. The van der Waals surface area contributed by atoms with Crippen molar-refractivity contribution in [3.63, 3.8) is 0 Å². The normalized spacial score (nSPS) is 16.6. The van der Waals surface area contributed by atoms with Crippen LogP contribution < -0.4 is 4.74 Å². The molecule has 1 atom stereocenters. The van der Waals surface area contributed by atoms with Gasteiger partial charge in [-0.2, -0.15) is 9.29 Å². The maximum Gasteiger partial charge on any atom is 0.267 e. The quantitative estimate of drug-likeness (QED) is 0.582. The molecule has 0 radical (unpaired) electrons. The van der Waals surface area contributed by atoms with E-state index in [9.17, 15) is 8.42 Å². The fourth-order valence-corrected chi connectivity index (χ4v) is 4.66. The minimum Gasteiger partial charge on any atom is -0.481 e. The van der Waals surface area contributed by atoms with Gasteiger partial charge in [-0.15, -0.1) is 0 Å². The van der Waals surface area contributed by atoms with Gasteiger partial charge < -0.3 is 13.8 Å². The average Bonchev–Trinajstić information content (AvgIpc) is 3.40. The van der Waals surface area contributed by atoms with E-state index in [4.69, 9.17) is 9.26 Å². The minimum absolute atomic E-state index is 0.0453. The Hall–Kier alpha value is -2.72. The van der Waals surface area contributed by atoms with Gasteiger partial charge in [-0.05, 0) is 31.9 Å². The topological polar surface area (TPSA) is 103 Å². The summed E-state index contributed by atoms with van der Waals surface area (Å²) in [6, 6.07) is 9.38. The van der Waals surface area contributed by atoms with Crippen LogP contribution in [0.2, 0.25) is 0 Å². The first-order chi connectivity index (χ1) is 14.0. The number of imidazole rings is 1. The molecule has 1 fully saturated rings. The number of aromatic nitrogens is 4. The van der Waals surface area contributed by atoms with E-state index in [-0.39, 0.29) is 11.6 Å². The molecule has 3 heterocycles. The van der Waals surface area contributed by atoms with E-state index in [1.165, 1.54) is 16.8 Å². The van der Waals surface area contributed by atoms with E-state index in [1.54, 1.807) is 4.57 Å². The number of nitrogens with zero attached hydrogens (tertiary/aromatic N) is 5. The number of ether oxygens (including phenoxy) is 1. The molecule has 29 heavy (non-hydrogen) atoms. The summed E-state index contributed by atoms with van der Waals surface area (Å²) in [5, 5.41) is 4.01. The van der Waals surface area contributed by atoms with Crippen molar-refractivity contribution in [2.75, 3.05) is 13.1 Å². The molecule has 0 spiro atoms. The number of rotatable bonds is 7. The Morgan fingerprint density at radius 1 is 1.17 bits per heavy atom. The third-order valence-electron chi connectivity index (χ3n) is 4.74. The standard InChI is InChI=1S/C19H23N5O4S/c1-15(27-16-8-4-2-5-9-16)19-21-17(22-28-19)12-23-13-18(20-14-23)29(25,26)24-10-6-3-7-11-24/h2,4-5,8-9,13-15H,3,6-7,10-12H2,1H3. The lowest BCUT2D eigenvalue weighted by molar-refractivity contribution is 0.175. The molecule has 0 N–H and O–H groups in total. The zero-order valence-electron chi connectivity index (χ0n) is 16.1. The van der Waals surface area contributed by atoms with E-state index in [1.807, 2.05) is 37.3 Å². The number of hydrogen-bond donors (Lipinski definition) is 0. The molecule has 0 saturated carbocycles. The van der Waals surface area contributed by atoms with E-state index >= 15 is 0 Å². The van der Waals surface area contributed by atoms with Crippen LogP contribution in [0.4, 0.5) is 0 Å². The van der Waals surface area contributed by atoms with Crippen LogP contribution in [0.1, 0.15) is 44.0 Å². The van der Waals surface area contributed by atoms with Crippen molar-refractivity contribution in [2.24, 2.45) is 0 Å². The minimum atomic E-state index is -3.56. The Morgan fingerprint density at radius 2 is 1.93 bits per heavy atom. The molecule has 0 aliphatic carbocycles. The Bertz CT molecular complexity index is 1040. The zero-order chi connectivity index (χ0) is 20.3. The zero-order valence-corrected chi connectivity index (χ0v) is 17.0. The number of benzene rings is 1. The Kier molecular flexibility index (Phi) is 5.63. The van der Waals surface area contributed by atoms with Gasteiger partial charge in [0.25, 0.3) is 15.9 Å². The number of sulfonamides is 1. The smallest absolute Gasteiger partial charge is 0.267 e. The third-order valence-corrected chi connectivity index (χ3v) is 6.52. The van der Waals surface area contributed by atoms with Crippen LogP contribution >= 0.6 is 0 Å². The van der Waals surface area contributed by atoms with E-state index in [2.05, 4.69) is 15.1 Å². The maximum absolute atomic E-state index is 12.7. The fourth-order valence-electron chi connectivity index (χ4n) is 3.21. The van der Waals surface area contributed by atoms with E-state index in [0.717, 1.165) is 19.3 Å². The lowest BCUT2D eigenvalue weighted by atomic mass is 10.2. The largest absolute Gasteiger partial charge is 0.481 e. The van der Waals surface area contributed by atoms with Crippen LogP contribution in [-0.2, 0) is 16.6 Å².